The first-order chi connectivity index (χ1) is 11.6. The van der Waals surface area contributed by atoms with Crippen LogP contribution < -0.4 is 5.32 Å². The van der Waals surface area contributed by atoms with Gasteiger partial charge in [-0.1, -0.05) is 15.9 Å². The van der Waals surface area contributed by atoms with Gasteiger partial charge in [0.05, 0.1) is 12.3 Å². The van der Waals surface area contributed by atoms with Crippen molar-refractivity contribution in [2.24, 2.45) is 0 Å². The molecule has 1 fully saturated rings. The van der Waals surface area contributed by atoms with Gasteiger partial charge in [-0.05, 0) is 43.4 Å². The number of furan rings is 1. The van der Waals surface area contributed by atoms with Crippen LogP contribution in [0.25, 0.3) is 0 Å². The van der Waals surface area contributed by atoms with Crippen molar-refractivity contribution in [3.63, 3.8) is 0 Å². The van der Waals surface area contributed by atoms with E-state index in [-0.39, 0.29) is 11.9 Å². The van der Waals surface area contributed by atoms with Gasteiger partial charge in [0, 0.05) is 42.8 Å². The molecule has 1 aliphatic rings. The zero-order valence-corrected chi connectivity index (χ0v) is 15.3. The number of likely N-dealkylation sites (N-methyl/N-ethyl adjacent to an activating group) is 1. The molecule has 0 bridgehead atoms. The van der Waals surface area contributed by atoms with Crippen LogP contribution in [0.5, 0.6) is 0 Å². The first-order valence-electron chi connectivity index (χ1n) is 8.13. The fourth-order valence-electron chi connectivity index (χ4n) is 2.92. The molecule has 1 atom stereocenters. The van der Waals surface area contributed by atoms with Gasteiger partial charge >= 0.3 is 0 Å². The van der Waals surface area contributed by atoms with E-state index in [0.29, 0.717) is 12.1 Å². The summed E-state index contributed by atoms with van der Waals surface area (Å²) in [6.07, 6.45) is 1.69. The number of piperazine rings is 1. The third kappa shape index (κ3) is 4.26. The molecule has 1 aliphatic heterocycles. The van der Waals surface area contributed by atoms with Gasteiger partial charge in [0.15, 0.2) is 0 Å². The Balaban J connectivity index is 1.66. The maximum absolute atomic E-state index is 12.4. The minimum Gasteiger partial charge on any atom is -0.468 e. The lowest BCUT2D eigenvalue weighted by Gasteiger charge is -2.37. The largest absolute Gasteiger partial charge is 0.468 e. The number of rotatable bonds is 5. The van der Waals surface area contributed by atoms with E-state index in [1.54, 1.807) is 6.26 Å². The molecule has 3 rings (SSSR count). The maximum Gasteiger partial charge on any atom is 0.251 e. The van der Waals surface area contributed by atoms with E-state index in [9.17, 15) is 4.79 Å². The molecule has 1 amide bonds. The molecule has 0 spiro atoms. The molecule has 24 heavy (non-hydrogen) atoms. The minimum absolute atomic E-state index is 0.0619. The van der Waals surface area contributed by atoms with Crippen LogP contribution in [0.3, 0.4) is 0 Å². The second-order valence-corrected chi connectivity index (χ2v) is 7.00. The summed E-state index contributed by atoms with van der Waals surface area (Å²) in [5.41, 5.74) is 0.662. The fraction of sp³-hybridized carbons (Fsp3) is 0.389. The molecule has 0 saturated carbocycles. The van der Waals surface area contributed by atoms with Gasteiger partial charge in [-0.15, -0.1) is 0 Å². The number of carbonyl (C=O) groups excluding carboxylic acids is 1. The van der Waals surface area contributed by atoms with Crippen molar-refractivity contribution in [3.05, 3.63) is 58.5 Å². The highest BCUT2D eigenvalue weighted by atomic mass is 79.9. The Hall–Kier alpha value is -1.63. The number of amides is 1. The zero-order chi connectivity index (χ0) is 16.9. The van der Waals surface area contributed by atoms with Gasteiger partial charge in [0.25, 0.3) is 5.91 Å². The smallest absolute Gasteiger partial charge is 0.251 e. The second kappa shape index (κ2) is 7.96. The third-order valence-electron chi connectivity index (χ3n) is 4.41. The number of carbonyl (C=O) groups is 1. The Morgan fingerprint density at radius 2 is 1.92 bits per heavy atom. The van der Waals surface area contributed by atoms with Gasteiger partial charge in [-0.3, -0.25) is 9.69 Å². The Bertz CT molecular complexity index is 649. The highest BCUT2D eigenvalue weighted by molar-refractivity contribution is 9.10. The molecule has 0 aliphatic carbocycles. The molecule has 0 unspecified atom stereocenters. The average Bonchev–Trinajstić information content (AvgIpc) is 3.11. The molecule has 1 aromatic heterocycles. The lowest BCUT2D eigenvalue weighted by Crippen LogP contribution is -2.48. The monoisotopic (exact) mass is 391 g/mol. The summed E-state index contributed by atoms with van der Waals surface area (Å²) in [5.74, 6) is 0.837. The van der Waals surface area contributed by atoms with Crippen molar-refractivity contribution in [1.29, 1.82) is 0 Å². The van der Waals surface area contributed by atoms with Crippen molar-refractivity contribution in [3.8, 4) is 0 Å². The van der Waals surface area contributed by atoms with Crippen molar-refractivity contribution < 1.29 is 9.21 Å². The number of benzene rings is 1. The lowest BCUT2D eigenvalue weighted by molar-refractivity contribution is 0.0851. The number of halogens is 1. The Kier molecular flexibility index (Phi) is 5.71. The number of hydrogen-bond donors (Lipinski definition) is 1. The molecule has 6 heteroatoms. The van der Waals surface area contributed by atoms with Gasteiger partial charge in [0.2, 0.25) is 0 Å². The topological polar surface area (TPSA) is 48.7 Å². The minimum atomic E-state index is -0.0619. The molecular formula is C18H22BrN3O2. The van der Waals surface area contributed by atoms with E-state index >= 15 is 0 Å². The summed E-state index contributed by atoms with van der Waals surface area (Å²) in [6, 6.07) is 11.3. The standard InChI is InChI=1S/C18H22BrN3O2/c1-21-8-10-22(11-9-21)16(17-3-2-12-24-17)13-20-18(23)14-4-6-15(19)7-5-14/h2-7,12,16H,8-11,13H2,1H3,(H,20,23)/t16-/m0/s1. The van der Waals surface area contributed by atoms with E-state index in [2.05, 4.69) is 38.1 Å². The predicted octanol–water partition coefficient (Wildman–Crippen LogP) is 2.76. The SMILES string of the molecule is CN1CCN([C@@H](CNC(=O)c2ccc(Br)cc2)c2ccco2)CC1. The van der Waals surface area contributed by atoms with Gasteiger partial charge < -0.3 is 14.6 Å². The van der Waals surface area contributed by atoms with Crippen LogP contribution in [-0.2, 0) is 0 Å². The fourth-order valence-corrected chi connectivity index (χ4v) is 3.18. The van der Waals surface area contributed by atoms with Crippen LogP contribution in [0.4, 0.5) is 0 Å². The van der Waals surface area contributed by atoms with Gasteiger partial charge in [-0.25, -0.2) is 0 Å². The van der Waals surface area contributed by atoms with E-state index in [1.807, 2.05) is 36.4 Å². The van der Waals surface area contributed by atoms with Crippen molar-refractivity contribution >= 4 is 21.8 Å². The van der Waals surface area contributed by atoms with Crippen molar-refractivity contribution in [2.45, 2.75) is 6.04 Å². The van der Waals surface area contributed by atoms with Crippen LogP contribution in [0.15, 0.2) is 51.6 Å². The van der Waals surface area contributed by atoms with Crippen LogP contribution in [0.1, 0.15) is 22.2 Å². The second-order valence-electron chi connectivity index (χ2n) is 6.09. The number of nitrogens with zero attached hydrogens (tertiary/aromatic N) is 2. The van der Waals surface area contributed by atoms with E-state index in [0.717, 1.165) is 36.4 Å². The molecular weight excluding hydrogens is 370 g/mol. The summed E-state index contributed by atoms with van der Waals surface area (Å²) in [7, 11) is 2.13. The third-order valence-corrected chi connectivity index (χ3v) is 4.94. The maximum atomic E-state index is 12.4. The quantitative estimate of drug-likeness (QED) is 0.850. The normalized spacial score (nSPS) is 17.6. The molecule has 0 radical (unpaired) electrons. The Morgan fingerprint density at radius 1 is 1.21 bits per heavy atom. The van der Waals surface area contributed by atoms with Crippen LogP contribution >= 0.6 is 15.9 Å². The molecule has 1 aromatic carbocycles. The van der Waals surface area contributed by atoms with E-state index in [1.165, 1.54) is 0 Å². The highest BCUT2D eigenvalue weighted by Crippen LogP contribution is 2.22. The van der Waals surface area contributed by atoms with Gasteiger partial charge in [0.1, 0.15) is 5.76 Å². The van der Waals surface area contributed by atoms with E-state index in [4.69, 9.17) is 4.42 Å². The highest BCUT2D eigenvalue weighted by Gasteiger charge is 2.26. The molecule has 5 nitrogen and oxygen atoms in total. The Labute approximate surface area is 150 Å². The van der Waals surface area contributed by atoms with Crippen LogP contribution in [0.2, 0.25) is 0 Å². The van der Waals surface area contributed by atoms with E-state index < -0.39 is 0 Å². The number of hydrogen-bond acceptors (Lipinski definition) is 4. The Morgan fingerprint density at radius 3 is 2.54 bits per heavy atom. The first kappa shape index (κ1) is 17.2. The molecule has 2 heterocycles. The molecule has 2 aromatic rings. The zero-order valence-electron chi connectivity index (χ0n) is 13.7. The van der Waals surface area contributed by atoms with Gasteiger partial charge in [-0.2, -0.15) is 0 Å². The molecule has 128 valence electrons. The summed E-state index contributed by atoms with van der Waals surface area (Å²) >= 11 is 3.39. The summed E-state index contributed by atoms with van der Waals surface area (Å²) in [6.45, 7) is 4.52. The number of nitrogens with one attached hydrogen (secondary N) is 1. The van der Waals surface area contributed by atoms with Crippen molar-refractivity contribution in [2.75, 3.05) is 39.8 Å². The predicted molar refractivity (Wildman–Crippen MR) is 97.0 cm³/mol. The van der Waals surface area contributed by atoms with Crippen LogP contribution in [0, 0.1) is 0 Å². The summed E-state index contributed by atoms with van der Waals surface area (Å²) in [5, 5.41) is 3.05. The average molecular weight is 392 g/mol. The summed E-state index contributed by atoms with van der Waals surface area (Å²) in [4.78, 5) is 17.1. The summed E-state index contributed by atoms with van der Waals surface area (Å²) < 4.78 is 6.58. The molecule has 1 N–H and O–H groups in total. The lowest BCUT2D eigenvalue weighted by atomic mass is 10.1. The van der Waals surface area contributed by atoms with Crippen molar-refractivity contribution in [1.82, 2.24) is 15.1 Å². The first-order valence-corrected chi connectivity index (χ1v) is 8.92. The van der Waals surface area contributed by atoms with Crippen LogP contribution in [-0.4, -0.2) is 55.5 Å². The molecule has 1 saturated heterocycles.